The fraction of sp³-hybridized carbons (Fsp3) is 0.278. The molecule has 0 aromatic heterocycles. The predicted octanol–water partition coefficient (Wildman–Crippen LogP) is 6.26. The molecule has 0 fully saturated rings. The van der Waals surface area contributed by atoms with Crippen molar-refractivity contribution in [1.82, 2.24) is 10.2 Å². The van der Waals surface area contributed by atoms with E-state index in [4.69, 9.17) is 16.3 Å². The van der Waals surface area contributed by atoms with Crippen LogP contribution in [0.5, 0.6) is 5.75 Å². The van der Waals surface area contributed by atoms with Crippen LogP contribution in [0.25, 0.3) is 0 Å². The third-order valence-electron chi connectivity index (χ3n) is 7.45. The predicted molar refractivity (Wildman–Crippen MR) is 182 cm³/mol. The summed E-state index contributed by atoms with van der Waals surface area (Å²) < 4.78 is 34.8. The first-order chi connectivity index (χ1) is 22.0. The first kappa shape index (κ1) is 34.5. The summed E-state index contributed by atoms with van der Waals surface area (Å²) in [6, 6.07) is 28.5. The average molecular weight is 662 g/mol. The quantitative estimate of drug-likeness (QED) is 0.172. The van der Waals surface area contributed by atoms with Crippen LogP contribution in [0.2, 0.25) is 5.02 Å². The van der Waals surface area contributed by atoms with E-state index >= 15 is 0 Å². The molecule has 0 aliphatic rings. The highest BCUT2D eigenvalue weighted by molar-refractivity contribution is 7.92. The highest BCUT2D eigenvalue weighted by atomic mass is 35.5. The van der Waals surface area contributed by atoms with Crippen molar-refractivity contribution in [2.45, 2.75) is 44.7 Å². The van der Waals surface area contributed by atoms with Crippen LogP contribution in [0.15, 0.2) is 108 Å². The van der Waals surface area contributed by atoms with Gasteiger partial charge in [0, 0.05) is 30.6 Å². The van der Waals surface area contributed by atoms with Gasteiger partial charge in [-0.05, 0) is 60.4 Å². The Morgan fingerprint density at radius 3 is 2.17 bits per heavy atom. The standard InChI is InChI=1S/C36H40ClN3O5S/c1-26(2)23-38-36(42)34(21-28-9-6-5-7-10-28)39(24-29-15-17-30(37)18-16-29)35(41)25-40(31-11-8-12-32(22-31)45-4)46(43,44)33-19-13-27(3)14-20-33/h5-20,22,26,34H,21,23-25H2,1-4H3,(H,38,42). The lowest BCUT2D eigenvalue weighted by Gasteiger charge is -2.34. The Hall–Kier alpha value is -4.34. The molecule has 4 aromatic carbocycles. The molecule has 1 unspecified atom stereocenters. The Balaban J connectivity index is 1.81. The Labute approximate surface area is 277 Å². The SMILES string of the molecule is COc1cccc(N(CC(=O)N(Cc2ccc(Cl)cc2)C(Cc2ccccc2)C(=O)NCC(C)C)S(=O)(=O)c2ccc(C)cc2)c1. The maximum Gasteiger partial charge on any atom is 0.264 e. The Morgan fingerprint density at radius 1 is 0.870 bits per heavy atom. The van der Waals surface area contributed by atoms with Crippen LogP contribution in [0.3, 0.4) is 0 Å². The lowest BCUT2D eigenvalue weighted by atomic mass is 10.0. The number of carbonyl (C=O) groups excluding carboxylic acids is 2. The topological polar surface area (TPSA) is 96.0 Å². The largest absolute Gasteiger partial charge is 0.497 e. The second-order valence-electron chi connectivity index (χ2n) is 11.5. The molecule has 0 heterocycles. The van der Waals surface area contributed by atoms with Crippen LogP contribution in [-0.2, 0) is 32.6 Å². The second kappa shape index (κ2) is 15.8. The molecule has 0 saturated heterocycles. The summed E-state index contributed by atoms with van der Waals surface area (Å²) in [5, 5.41) is 3.52. The summed E-state index contributed by atoms with van der Waals surface area (Å²) in [6.07, 6.45) is 0.230. The fourth-order valence-corrected chi connectivity index (χ4v) is 6.43. The van der Waals surface area contributed by atoms with Gasteiger partial charge in [0.2, 0.25) is 11.8 Å². The number of ether oxygens (including phenoxy) is 1. The normalized spacial score (nSPS) is 12.0. The Bertz CT molecular complexity index is 1710. The number of nitrogens with one attached hydrogen (secondary N) is 1. The average Bonchev–Trinajstić information content (AvgIpc) is 3.05. The molecule has 0 aliphatic carbocycles. The number of rotatable bonds is 14. The minimum absolute atomic E-state index is 0.0356. The first-order valence-electron chi connectivity index (χ1n) is 15.1. The van der Waals surface area contributed by atoms with Gasteiger partial charge in [-0.15, -0.1) is 0 Å². The zero-order valence-electron chi connectivity index (χ0n) is 26.5. The van der Waals surface area contributed by atoms with Crippen LogP contribution < -0.4 is 14.4 Å². The molecule has 1 N–H and O–H groups in total. The monoisotopic (exact) mass is 661 g/mol. The number of aryl methyl sites for hydroxylation is 1. The summed E-state index contributed by atoms with van der Waals surface area (Å²) in [4.78, 5) is 29.9. The van der Waals surface area contributed by atoms with Crippen molar-refractivity contribution in [3.05, 3.63) is 125 Å². The van der Waals surface area contributed by atoms with Gasteiger partial charge in [0.05, 0.1) is 17.7 Å². The first-order valence-corrected chi connectivity index (χ1v) is 16.9. The van der Waals surface area contributed by atoms with E-state index in [-0.39, 0.29) is 35.4 Å². The lowest BCUT2D eigenvalue weighted by molar-refractivity contribution is -0.140. The van der Waals surface area contributed by atoms with E-state index < -0.39 is 28.5 Å². The van der Waals surface area contributed by atoms with Gasteiger partial charge in [-0.1, -0.05) is 91.7 Å². The van der Waals surface area contributed by atoms with Gasteiger partial charge < -0.3 is 15.0 Å². The molecule has 2 amide bonds. The molecule has 4 rings (SSSR count). The summed E-state index contributed by atoms with van der Waals surface area (Å²) in [6.45, 7) is 5.77. The van der Waals surface area contributed by atoms with E-state index in [1.54, 1.807) is 60.7 Å². The van der Waals surface area contributed by atoms with Crippen LogP contribution in [0.1, 0.15) is 30.5 Å². The molecule has 1 atom stereocenters. The molecule has 10 heteroatoms. The molecule has 8 nitrogen and oxygen atoms in total. The molecule has 0 aliphatic heterocycles. The molecule has 0 radical (unpaired) electrons. The number of anilines is 1. The molecular weight excluding hydrogens is 622 g/mol. The number of sulfonamides is 1. The van der Waals surface area contributed by atoms with Gasteiger partial charge in [-0.2, -0.15) is 0 Å². The number of carbonyl (C=O) groups is 2. The number of methoxy groups -OCH3 is 1. The van der Waals surface area contributed by atoms with Crippen molar-refractivity contribution in [3.63, 3.8) is 0 Å². The lowest BCUT2D eigenvalue weighted by Crippen LogP contribution is -2.53. The van der Waals surface area contributed by atoms with Crippen LogP contribution in [0, 0.1) is 12.8 Å². The van der Waals surface area contributed by atoms with Crippen molar-refractivity contribution < 1.29 is 22.7 Å². The van der Waals surface area contributed by atoms with E-state index in [9.17, 15) is 18.0 Å². The summed E-state index contributed by atoms with van der Waals surface area (Å²) >= 11 is 6.15. The van der Waals surface area contributed by atoms with Gasteiger partial charge in [0.15, 0.2) is 0 Å². The summed E-state index contributed by atoms with van der Waals surface area (Å²) in [5.41, 5.74) is 2.75. The van der Waals surface area contributed by atoms with Crippen molar-refractivity contribution in [1.29, 1.82) is 0 Å². The molecular formula is C36H40ClN3O5S. The van der Waals surface area contributed by atoms with Crippen LogP contribution in [-0.4, -0.2) is 51.4 Å². The number of hydrogen-bond acceptors (Lipinski definition) is 5. The Kier molecular flexibility index (Phi) is 11.8. The molecule has 242 valence electrons. The second-order valence-corrected chi connectivity index (χ2v) is 13.8. The molecule has 46 heavy (non-hydrogen) atoms. The van der Waals surface area contributed by atoms with Crippen LogP contribution >= 0.6 is 11.6 Å². The number of halogens is 1. The van der Waals surface area contributed by atoms with E-state index in [2.05, 4.69) is 5.32 Å². The third-order valence-corrected chi connectivity index (χ3v) is 9.49. The maximum absolute atomic E-state index is 14.5. The summed E-state index contributed by atoms with van der Waals surface area (Å²) in [5.74, 6) is -0.254. The minimum atomic E-state index is -4.22. The number of nitrogens with zero attached hydrogens (tertiary/aromatic N) is 2. The molecule has 0 saturated carbocycles. The molecule has 4 aromatic rings. The fourth-order valence-electron chi connectivity index (χ4n) is 4.89. The molecule has 0 spiro atoms. The van der Waals surface area contributed by atoms with Gasteiger partial charge in [-0.3, -0.25) is 13.9 Å². The van der Waals surface area contributed by atoms with Crippen molar-refractivity contribution in [2.75, 3.05) is 24.5 Å². The van der Waals surface area contributed by atoms with Gasteiger partial charge in [-0.25, -0.2) is 8.42 Å². The zero-order chi connectivity index (χ0) is 33.3. The number of benzene rings is 4. The van der Waals surface area contributed by atoms with Gasteiger partial charge in [0.25, 0.3) is 10.0 Å². The van der Waals surface area contributed by atoms with E-state index in [1.807, 2.05) is 51.1 Å². The van der Waals surface area contributed by atoms with Gasteiger partial charge >= 0.3 is 0 Å². The smallest absolute Gasteiger partial charge is 0.264 e. The van der Waals surface area contributed by atoms with E-state index in [0.29, 0.717) is 17.3 Å². The van der Waals surface area contributed by atoms with E-state index in [0.717, 1.165) is 21.0 Å². The van der Waals surface area contributed by atoms with Gasteiger partial charge in [0.1, 0.15) is 18.3 Å². The van der Waals surface area contributed by atoms with E-state index in [1.165, 1.54) is 24.1 Å². The highest BCUT2D eigenvalue weighted by Crippen LogP contribution is 2.28. The Morgan fingerprint density at radius 2 is 1.54 bits per heavy atom. The number of hydrogen-bond donors (Lipinski definition) is 1. The van der Waals surface area contributed by atoms with Crippen molar-refractivity contribution in [3.8, 4) is 5.75 Å². The minimum Gasteiger partial charge on any atom is -0.497 e. The highest BCUT2D eigenvalue weighted by Gasteiger charge is 2.34. The maximum atomic E-state index is 14.5. The van der Waals surface area contributed by atoms with Crippen molar-refractivity contribution >= 4 is 39.1 Å². The number of amides is 2. The third kappa shape index (κ3) is 9.11. The zero-order valence-corrected chi connectivity index (χ0v) is 28.1. The van der Waals surface area contributed by atoms with Crippen LogP contribution in [0.4, 0.5) is 5.69 Å². The van der Waals surface area contributed by atoms with Crippen molar-refractivity contribution in [2.24, 2.45) is 5.92 Å². The summed E-state index contributed by atoms with van der Waals surface area (Å²) in [7, 11) is -2.73. The molecule has 0 bridgehead atoms.